The summed E-state index contributed by atoms with van der Waals surface area (Å²) in [6, 6.07) is 4.19. The molecule has 1 aliphatic rings. The number of hydrogen-bond acceptors (Lipinski definition) is 6. The van der Waals surface area contributed by atoms with Gasteiger partial charge in [-0.1, -0.05) is 6.07 Å². The molecule has 0 radical (unpaired) electrons. The van der Waals surface area contributed by atoms with E-state index in [4.69, 9.17) is 9.73 Å². The Morgan fingerprint density at radius 3 is 2.59 bits per heavy atom. The SMILES string of the molecule is CCNC(=NCc1ccc(N2CC(C)OC(C)C2)nc1)NCc1sc(C)nc1C. The van der Waals surface area contributed by atoms with Crippen molar-refractivity contribution in [2.75, 3.05) is 24.5 Å². The van der Waals surface area contributed by atoms with Crippen molar-refractivity contribution in [3.8, 4) is 0 Å². The molecule has 8 heteroatoms. The first-order chi connectivity index (χ1) is 13.9. The number of aliphatic imine (C=N–C) groups is 1. The lowest BCUT2D eigenvalue weighted by molar-refractivity contribution is -0.00545. The molecule has 1 fully saturated rings. The Balaban J connectivity index is 1.59. The highest BCUT2D eigenvalue weighted by Crippen LogP contribution is 2.19. The van der Waals surface area contributed by atoms with Gasteiger partial charge in [0.05, 0.1) is 36.0 Å². The minimum Gasteiger partial charge on any atom is -0.372 e. The zero-order valence-electron chi connectivity index (χ0n) is 18.0. The van der Waals surface area contributed by atoms with Gasteiger partial charge < -0.3 is 20.3 Å². The third kappa shape index (κ3) is 6.14. The van der Waals surface area contributed by atoms with Crippen molar-refractivity contribution in [2.24, 2.45) is 4.99 Å². The van der Waals surface area contributed by atoms with Crippen molar-refractivity contribution in [3.05, 3.63) is 39.5 Å². The highest BCUT2D eigenvalue weighted by Gasteiger charge is 2.22. The number of nitrogens with one attached hydrogen (secondary N) is 2. The highest BCUT2D eigenvalue weighted by atomic mass is 32.1. The highest BCUT2D eigenvalue weighted by molar-refractivity contribution is 7.11. The molecule has 0 aromatic carbocycles. The Labute approximate surface area is 177 Å². The average Bonchev–Trinajstić information content (AvgIpc) is 3.01. The van der Waals surface area contributed by atoms with Crippen molar-refractivity contribution in [1.29, 1.82) is 0 Å². The molecule has 2 atom stereocenters. The van der Waals surface area contributed by atoms with E-state index in [9.17, 15) is 0 Å². The fourth-order valence-corrected chi connectivity index (χ4v) is 4.35. The zero-order chi connectivity index (χ0) is 20.8. The molecule has 29 heavy (non-hydrogen) atoms. The molecule has 0 spiro atoms. The van der Waals surface area contributed by atoms with Crippen LogP contribution in [0.4, 0.5) is 5.82 Å². The summed E-state index contributed by atoms with van der Waals surface area (Å²) in [5.74, 6) is 1.80. The van der Waals surface area contributed by atoms with Crippen molar-refractivity contribution in [2.45, 2.75) is 59.9 Å². The second-order valence-corrected chi connectivity index (χ2v) is 8.76. The Morgan fingerprint density at radius 2 is 2.00 bits per heavy atom. The molecule has 2 N–H and O–H groups in total. The number of aryl methyl sites for hydroxylation is 2. The monoisotopic (exact) mass is 416 g/mol. The van der Waals surface area contributed by atoms with Gasteiger partial charge in [0.2, 0.25) is 0 Å². The fraction of sp³-hybridized carbons (Fsp3) is 0.571. The molecular formula is C21H32N6OS. The molecule has 1 aliphatic heterocycles. The lowest BCUT2D eigenvalue weighted by atomic mass is 10.2. The molecule has 158 valence electrons. The first-order valence-corrected chi connectivity index (χ1v) is 11.1. The number of nitrogens with zero attached hydrogens (tertiary/aromatic N) is 4. The van der Waals surface area contributed by atoms with E-state index < -0.39 is 0 Å². The first kappa shape index (κ1) is 21.5. The summed E-state index contributed by atoms with van der Waals surface area (Å²) in [4.78, 5) is 17.4. The number of rotatable bonds is 6. The van der Waals surface area contributed by atoms with E-state index in [0.29, 0.717) is 6.54 Å². The molecule has 2 aromatic heterocycles. The molecule has 7 nitrogen and oxygen atoms in total. The standard InChI is InChI=1S/C21H32N6OS/c1-6-22-21(25-11-19-16(4)26-17(5)29-19)24-10-18-7-8-20(23-9-18)27-12-14(2)28-15(3)13-27/h7-9,14-15H,6,10-13H2,1-5H3,(H2,22,24,25). The Morgan fingerprint density at radius 1 is 1.24 bits per heavy atom. The van der Waals surface area contributed by atoms with E-state index in [1.54, 1.807) is 11.3 Å². The van der Waals surface area contributed by atoms with Crippen LogP contribution in [0.5, 0.6) is 0 Å². The molecule has 3 heterocycles. The first-order valence-electron chi connectivity index (χ1n) is 10.2. The van der Waals surface area contributed by atoms with E-state index in [2.05, 4.69) is 58.4 Å². The fourth-order valence-electron chi connectivity index (χ4n) is 3.48. The minimum absolute atomic E-state index is 0.226. The maximum atomic E-state index is 5.81. The van der Waals surface area contributed by atoms with E-state index in [0.717, 1.165) is 54.2 Å². The molecule has 0 bridgehead atoms. The van der Waals surface area contributed by atoms with Crippen LogP contribution in [0.15, 0.2) is 23.3 Å². The molecule has 3 rings (SSSR count). The van der Waals surface area contributed by atoms with Crippen LogP contribution in [-0.2, 0) is 17.8 Å². The summed E-state index contributed by atoms with van der Waals surface area (Å²) in [6.45, 7) is 14.2. The van der Waals surface area contributed by atoms with Crippen LogP contribution in [0.1, 0.15) is 41.9 Å². The lowest BCUT2D eigenvalue weighted by Gasteiger charge is -2.36. The number of pyridine rings is 1. The van der Waals surface area contributed by atoms with Gasteiger partial charge >= 0.3 is 0 Å². The van der Waals surface area contributed by atoms with Crippen molar-refractivity contribution in [1.82, 2.24) is 20.6 Å². The molecular weight excluding hydrogens is 384 g/mol. The summed E-state index contributed by atoms with van der Waals surface area (Å²) >= 11 is 1.72. The number of aromatic nitrogens is 2. The van der Waals surface area contributed by atoms with Crippen LogP contribution in [0.25, 0.3) is 0 Å². The smallest absolute Gasteiger partial charge is 0.191 e. The van der Waals surface area contributed by atoms with Gasteiger partial charge in [0.15, 0.2) is 5.96 Å². The Bertz CT molecular complexity index is 809. The van der Waals surface area contributed by atoms with Gasteiger partial charge in [-0.15, -0.1) is 11.3 Å². The van der Waals surface area contributed by atoms with Crippen LogP contribution in [0.2, 0.25) is 0 Å². The predicted octanol–water partition coefficient (Wildman–Crippen LogP) is 3.02. The zero-order valence-corrected chi connectivity index (χ0v) is 18.8. The number of guanidine groups is 1. The van der Waals surface area contributed by atoms with Gasteiger partial charge in [0.25, 0.3) is 0 Å². The molecule has 2 unspecified atom stereocenters. The van der Waals surface area contributed by atoms with Crippen molar-refractivity contribution in [3.63, 3.8) is 0 Å². The van der Waals surface area contributed by atoms with Crippen LogP contribution in [-0.4, -0.2) is 47.8 Å². The summed E-state index contributed by atoms with van der Waals surface area (Å²) in [5, 5.41) is 7.80. The minimum atomic E-state index is 0.226. The van der Waals surface area contributed by atoms with Crippen LogP contribution < -0.4 is 15.5 Å². The van der Waals surface area contributed by atoms with Gasteiger partial charge in [0.1, 0.15) is 5.82 Å². The topological polar surface area (TPSA) is 74.7 Å². The van der Waals surface area contributed by atoms with Crippen LogP contribution in [0.3, 0.4) is 0 Å². The van der Waals surface area contributed by atoms with Gasteiger partial charge in [-0.2, -0.15) is 0 Å². The maximum absolute atomic E-state index is 5.81. The Hall–Kier alpha value is -2.19. The van der Waals surface area contributed by atoms with Gasteiger partial charge in [-0.25, -0.2) is 15.0 Å². The lowest BCUT2D eigenvalue weighted by Crippen LogP contribution is -2.45. The number of thiazole rings is 1. The third-order valence-electron chi connectivity index (χ3n) is 4.73. The van der Waals surface area contributed by atoms with Crippen LogP contribution >= 0.6 is 11.3 Å². The molecule has 0 amide bonds. The van der Waals surface area contributed by atoms with E-state index in [-0.39, 0.29) is 12.2 Å². The van der Waals surface area contributed by atoms with Crippen LogP contribution in [0, 0.1) is 13.8 Å². The maximum Gasteiger partial charge on any atom is 0.191 e. The summed E-state index contributed by atoms with van der Waals surface area (Å²) in [6.07, 6.45) is 2.37. The summed E-state index contributed by atoms with van der Waals surface area (Å²) < 4.78 is 5.81. The van der Waals surface area contributed by atoms with E-state index in [1.165, 1.54) is 4.88 Å². The van der Waals surface area contributed by atoms with Crippen molar-refractivity contribution >= 4 is 23.1 Å². The summed E-state index contributed by atoms with van der Waals surface area (Å²) in [5.41, 5.74) is 2.17. The number of ether oxygens (including phenoxy) is 1. The second kappa shape index (κ2) is 10.0. The third-order valence-corrected chi connectivity index (χ3v) is 5.81. The number of morpholine rings is 1. The number of hydrogen-bond donors (Lipinski definition) is 2. The second-order valence-electron chi connectivity index (χ2n) is 7.48. The summed E-state index contributed by atoms with van der Waals surface area (Å²) in [7, 11) is 0. The molecule has 1 saturated heterocycles. The normalized spacial score (nSPS) is 20.0. The quantitative estimate of drug-likeness (QED) is 0.557. The molecule has 2 aromatic rings. The largest absolute Gasteiger partial charge is 0.372 e. The molecule has 0 aliphatic carbocycles. The van der Waals surface area contributed by atoms with E-state index >= 15 is 0 Å². The van der Waals surface area contributed by atoms with Gasteiger partial charge in [-0.05, 0) is 46.2 Å². The molecule has 0 saturated carbocycles. The van der Waals surface area contributed by atoms with Gasteiger partial charge in [0, 0.05) is 30.7 Å². The van der Waals surface area contributed by atoms with E-state index in [1.807, 2.05) is 20.0 Å². The van der Waals surface area contributed by atoms with Gasteiger partial charge in [-0.3, -0.25) is 0 Å². The average molecular weight is 417 g/mol. The Kier molecular flexibility index (Phi) is 7.44. The number of anilines is 1. The predicted molar refractivity (Wildman–Crippen MR) is 120 cm³/mol. The van der Waals surface area contributed by atoms with Crippen molar-refractivity contribution < 1.29 is 4.74 Å².